The predicted octanol–water partition coefficient (Wildman–Crippen LogP) is 9.94. The molecule has 1 N–H and O–H groups in total. The van der Waals surface area contributed by atoms with E-state index in [4.69, 9.17) is 14.7 Å². The summed E-state index contributed by atoms with van der Waals surface area (Å²) >= 11 is 0. The standard InChI is InChI=1S/C37H39N3O2/c1-22(2)26-12-15-32(41)35-28(26)13-16-34(39-35)42-25-10-11-27-29-19-23(36(3,4)5)9-14-30(29)40(31(27)21-25)33-20-24(17-18-38-33)37(6,7)8/h9-22,41H,1-8H3. The first-order chi connectivity index (χ1) is 19.8. The molecule has 6 rings (SSSR count). The summed E-state index contributed by atoms with van der Waals surface area (Å²) in [6.07, 6.45) is 1.90. The molecule has 0 fully saturated rings. The van der Waals surface area contributed by atoms with Crippen molar-refractivity contribution in [1.29, 1.82) is 0 Å². The molecule has 6 aromatic rings. The Balaban J connectivity index is 1.53. The third-order valence-corrected chi connectivity index (χ3v) is 8.13. The van der Waals surface area contributed by atoms with Crippen molar-refractivity contribution in [3.05, 3.63) is 95.7 Å². The van der Waals surface area contributed by atoms with Crippen LogP contribution in [0.25, 0.3) is 38.5 Å². The monoisotopic (exact) mass is 557 g/mol. The molecule has 0 amide bonds. The Morgan fingerprint density at radius 1 is 0.714 bits per heavy atom. The summed E-state index contributed by atoms with van der Waals surface area (Å²) in [5.74, 6) is 2.44. The van der Waals surface area contributed by atoms with Crippen molar-refractivity contribution in [2.45, 2.75) is 72.1 Å². The summed E-state index contributed by atoms with van der Waals surface area (Å²) in [5.41, 5.74) is 6.33. The van der Waals surface area contributed by atoms with Crippen LogP contribution in [0.5, 0.6) is 17.4 Å². The van der Waals surface area contributed by atoms with E-state index >= 15 is 0 Å². The van der Waals surface area contributed by atoms with E-state index < -0.39 is 0 Å². The first kappa shape index (κ1) is 27.8. The molecule has 5 heteroatoms. The molecule has 0 spiro atoms. The summed E-state index contributed by atoms with van der Waals surface area (Å²) < 4.78 is 8.57. The second-order valence-corrected chi connectivity index (χ2v) is 13.6. The second-order valence-electron chi connectivity index (χ2n) is 13.6. The lowest BCUT2D eigenvalue weighted by Gasteiger charge is -2.20. The summed E-state index contributed by atoms with van der Waals surface area (Å²) in [6.45, 7) is 17.7. The molecule has 0 saturated heterocycles. The van der Waals surface area contributed by atoms with Crippen molar-refractivity contribution in [3.63, 3.8) is 0 Å². The highest BCUT2D eigenvalue weighted by molar-refractivity contribution is 6.09. The van der Waals surface area contributed by atoms with Crippen LogP contribution in [-0.2, 0) is 10.8 Å². The lowest BCUT2D eigenvalue weighted by molar-refractivity contribution is 0.460. The molecule has 3 heterocycles. The molecule has 0 aliphatic carbocycles. The number of nitrogens with zero attached hydrogens (tertiary/aromatic N) is 3. The number of hydrogen-bond donors (Lipinski definition) is 1. The number of pyridine rings is 2. The molecular weight excluding hydrogens is 518 g/mol. The highest BCUT2D eigenvalue weighted by Gasteiger charge is 2.21. The van der Waals surface area contributed by atoms with Gasteiger partial charge in [-0.2, -0.15) is 0 Å². The SMILES string of the molecule is CC(C)c1ccc(O)c2nc(Oc3ccc4c5cc(C(C)(C)C)ccc5n(-c5cc(C(C)(C)C)ccn5)c4c3)ccc12. The molecule has 0 aliphatic rings. The number of aromatic nitrogens is 3. The largest absolute Gasteiger partial charge is 0.506 e. The minimum atomic E-state index is -0.00707. The number of ether oxygens (including phenoxy) is 1. The number of rotatable bonds is 4. The predicted molar refractivity (Wildman–Crippen MR) is 174 cm³/mol. The average molecular weight is 558 g/mol. The first-order valence-electron chi connectivity index (χ1n) is 14.7. The maximum atomic E-state index is 10.6. The number of phenols is 1. The topological polar surface area (TPSA) is 60.2 Å². The van der Waals surface area contributed by atoms with Gasteiger partial charge in [-0.25, -0.2) is 9.97 Å². The van der Waals surface area contributed by atoms with Crippen molar-refractivity contribution < 1.29 is 9.84 Å². The molecule has 0 bridgehead atoms. The van der Waals surface area contributed by atoms with Gasteiger partial charge in [0.1, 0.15) is 22.8 Å². The molecule has 0 atom stereocenters. The first-order valence-corrected chi connectivity index (χ1v) is 14.7. The van der Waals surface area contributed by atoms with Crippen LogP contribution in [0.1, 0.15) is 78.0 Å². The van der Waals surface area contributed by atoms with Crippen LogP contribution in [0, 0.1) is 0 Å². The lowest BCUT2D eigenvalue weighted by Crippen LogP contribution is -2.12. The minimum Gasteiger partial charge on any atom is -0.506 e. The zero-order chi connectivity index (χ0) is 30.0. The van der Waals surface area contributed by atoms with Gasteiger partial charge >= 0.3 is 0 Å². The molecule has 3 aromatic heterocycles. The van der Waals surface area contributed by atoms with Gasteiger partial charge in [-0.3, -0.25) is 4.57 Å². The zero-order valence-electron chi connectivity index (χ0n) is 25.8. The van der Waals surface area contributed by atoms with Gasteiger partial charge in [-0.15, -0.1) is 0 Å². The van der Waals surface area contributed by atoms with Crippen LogP contribution in [0.4, 0.5) is 0 Å². The number of phenolic OH excluding ortho intramolecular Hbond substituents is 1. The quantitative estimate of drug-likeness (QED) is 0.234. The lowest BCUT2D eigenvalue weighted by atomic mass is 9.86. The average Bonchev–Trinajstić information content (AvgIpc) is 3.25. The van der Waals surface area contributed by atoms with Crippen molar-refractivity contribution in [1.82, 2.24) is 14.5 Å². The number of fused-ring (bicyclic) bond motifs is 4. The van der Waals surface area contributed by atoms with Gasteiger partial charge in [-0.1, -0.05) is 67.5 Å². The molecule has 0 radical (unpaired) electrons. The summed E-state index contributed by atoms with van der Waals surface area (Å²) in [4.78, 5) is 9.53. The van der Waals surface area contributed by atoms with Crippen molar-refractivity contribution in [2.24, 2.45) is 0 Å². The zero-order valence-corrected chi connectivity index (χ0v) is 25.8. The normalized spacial score (nSPS) is 12.6. The van der Waals surface area contributed by atoms with Crippen LogP contribution in [-0.4, -0.2) is 19.6 Å². The van der Waals surface area contributed by atoms with Gasteiger partial charge in [0.05, 0.1) is 11.0 Å². The van der Waals surface area contributed by atoms with Gasteiger partial charge in [-0.05, 0) is 82.0 Å². The molecule has 0 unspecified atom stereocenters. The molecule has 5 nitrogen and oxygen atoms in total. The Morgan fingerprint density at radius 3 is 2.14 bits per heavy atom. The van der Waals surface area contributed by atoms with E-state index in [0.29, 0.717) is 23.1 Å². The minimum absolute atomic E-state index is 0.00707. The van der Waals surface area contributed by atoms with Crippen LogP contribution in [0.2, 0.25) is 0 Å². The smallest absolute Gasteiger partial charge is 0.219 e. The summed E-state index contributed by atoms with van der Waals surface area (Å²) in [5, 5.41) is 13.8. The van der Waals surface area contributed by atoms with E-state index in [0.717, 1.165) is 33.2 Å². The van der Waals surface area contributed by atoms with Crippen LogP contribution < -0.4 is 4.74 Å². The van der Waals surface area contributed by atoms with Crippen molar-refractivity contribution >= 4 is 32.7 Å². The van der Waals surface area contributed by atoms with Gasteiger partial charge in [0, 0.05) is 34.5 Å². The van der Waals surface area contributed by atoms with Crippen LogP contribution in [0.15, 0.2) is 79.0 Å². The van der Waals surface area contributed by atoms with E-state index in [1.807, 2.05) is 30.5 Å². The number of benzene rings is 3. The van der Waals surface area contributed by atoms with E-state index in [1.165, 1.54) is 16.5 Å². The van der Waals surface area contributed by atoms with E-state index in [1.54, 1.807) is 6.07 Å². The highest BCUT2D eigenvalue weighted by Crippen LogP contribution is 2.38. The van der Waals surface area contributed by atoms with Gasteiger partial charge in [0.25, 0.3) is 0 Å². The molecular formula is C37H39N3O2. The molecule has 42 heavy (non-hydrogen) atoms. The number of hydrogen-bond acceptors (Lipinski definition) is 4. The second kappa shape index (κ2) is 9.87. The van der Waals surface area contributed by atoms with Crippen molar-refractivity contribution in [3.8, 4) is 23.2 Å². The van der Waals surface area contributed by atoms with Crippen molar-refractivity contribution in [2.75, 3.05) is 0 Å². The Hall–Kier alpha value is -4.38. The maximum Gasteiger partial charge on any atom is 0.219 e. The van der Waals surface area contributed by atoms with E-state index in [-0.39, 0.29) is 16.6 Å². The fourth-order valence-electron chi connectivity index (χ4n) is 5.67. The molecule has 0 aliphatic heterocycles. The van der Waals surface area contributed by atoms with E-state index in [2.05, 4.69) is 102 Å². The molecule has 0 saturated carbocycles. The Morgan fingerprint density at radius 2 is 1.43 bits per heavy atom. The third-order valence-electron chi connectivity index (χ3n) is 8.13. The third kappa shape index (κ3) is 4.87. The fourth-order valence-corrected chi connectivity index (χ4v) is 5.67. The van der Waals surface area contributed by atoms with Gasteiger partial charge in [0.2, 0.25) is 5.88 Å². The Kier molecular flexibility index (Phi) is 6.53. The maximum absolute atomic E-state index is 10.6. The summed E-state index contributed by atoms with van der Waals surface area (Å²) in [7, 11) is 0. The van der Waals surface area contributed by atoms with Gasteiger partial charge in [0.15, 0.2) is 0 Å². The molecule has 214 valence electrons. The van der Waals surface area contributed by atoms with Crippen LogP contribution >= 0.6 is 0 Å². The molecule has 3 aromatic carbocycles. The van der Waals surface area contributed by atoms with Gasteiger partial charge < -0.3 is 9.84 Å². The summed E-state index contributed by atoms with van der Waals surface area (Å²) in [6, 6.07) is 24.7. The fraction of sp³-hybridized carbons (Fsp3) is 0.297. The Labute approximate surface area is 247 Å². The Bertz CT molecular complexity index is 1970. The highest BCUT2D eigenvalue weighted by atomic mass is 16.5. The van der Waals surface area contributed by atoms with E-state index in [9.17, 15) is 5.11 Å². The van der Waals surface area contributed by atoms with Crippen LogP contribution in [0.3, 0.4) is 0 Å². The number of aromatic hydroxyl groups is 1.